The maximum absolute atomic E-state index is 15.2. The lowest BCUT2D eigenvalue weighted by molar-refractivity contribution is -0.0632. The van der Waals surface area contributed by atoms with Gasteiger partial charge < -0.3 is 10.1 Å². The second-order valence-electron chi connectivity index (χ2n) is 7.85. The number of methoxy groups -OCH3 is 1. The monoisotopic (exact) mass is 385 g/mol. The quantitative estimate of drug-likeness (QED) is 0.678. The lowest BCUT2D eigenvalue weighted by Crippen LogP contribution is -2.46. The maximum Gasteiger partial charge on any atom is 0.252 e. The highest BCUT2D eigenvalue weighted by Crippen LogP contribution is 2.52. The molecule has 0 aromatic heterocycles. The van der Waals surface area contributed by atoms with Crippen LogP contribution in [0.15, 0.2) is 18.2 Å². The minimum Gasteiger partial charge on any atom is -0.497 e. The van der Waals surface area contributed by atoms with Crippen LogP contribution >= 0.6 is 11.6 Å². The summed E-state index contributed by atoms with van der Waals surface area (Å²) < 4.78 is 35.0. The molecule has 2 aliphatic carbocycles. The number of carbonyl (C=O) groups is 1. The third-order valence-electron chi connectivity index (χ3n) is 5.69. The zero-order valence-corrected chi connectivity index (χ0v) is 15.9. The molecule has 26 heavy (non-hydrogen) atoms. The van der Waals surface area contributed by atoms with E-state index in [0.717, 1.165) is 12.8 Å². The highest BCUT2D eigenvalue weighted by atomic mass is 35.5. The van der Waals surface area contributed by atoms with Crippen molar-refractivity contribution in [3.05, 3.63) is 28.8 Å². The number of amides is 1. The topological polar surface area (TPSA) is 38.3 Å². The summed E-state index contributed by atoms with van der Waals surface area (Å²) in [5.41, 5.74) is -2.44. The van der Waals surface area contributed by atoms with Crippen LogP contribution in [0.3, 0.4) is 0 Å². The van der Waals surface area contributed by atoms with E-state index in [4.69, 9.17) is 16.3 Å². The summed E-state index contributed by atoms with van der Waals surface area (Å²) in [6, 6.07) is 4.86. The zero-order chi connectivity index (χ0) is 18.8. The molecule has 3 nitrogen and oxygen atoms in total. The highest BCUT2D eigenvalue weighted by molar-refractivity contribution is 6.33. The zero-order valence-electron chi connectivity index (χ0n) is 15.1. The molecular formula is C20H26ClF2NO2. The van der Waals surface area contributed by atoms with Crippen molar-refractivity contribution in [1.82, 2.24) is 5.32 Å². The molecule has 1 N–H and O–H groups in total. The summed E-state index contributed by atoms with van der Waals surface area (Å²) in [5.74, 6) is 0.395. The first-order chi connectivity index (χ1) is 12.3. The lowest BCUT2D eigenvalue weighted by Gasteiger charge is -2.46. The minimum absolute atomic E-state index is 0.00611. The molecule has 2 fully saturated rings. The molecule has 0 heterocycles. The van der Waals surface area contributed by atoms with Gasteiger partial charge in [-0.15, -0.1) is 0 Å². The molecule has 1 amide bonds. The molecule has 6 heteroatoms. The number of carbonyl (C=O) groups excluding carboxylic acids is 1. The van der Waals surface area contributed by atoms with E-state index in [9.17, 15) is 9.18 Å². The van der Waals surface area contributed by atoms with E-state index < -0.39 is 11.3 Å². The molecule has 144 valence electrons. The molecule has 2 saturated carbocycles. The Kier molecular flexibility index (Phi) is 5.75. The van der Waals surface area contributed by atoms with Crippen LogP contribution in [0, 0.1) is 5.92 Å². The fraction of sp³-hybridized carbons (Fsp3) is 0.650. The number of hydrogen-bond donors (Lipinski definition) is 1. The molecule has 0 aliphatic heterocycles. The van der Waals surface area contributed by atoms with Gasteiger partial charge in [-0.25, -0.2) is 8.78 Å². The predicted molar refractivity (Wildman–Crippen MR) is 98.4 cm³/mol. The van der Waals surface area contributed by atoms with Crippen LogP contribution in [0.2, 0.25) is 5.02 Å². The van der Waals surface area contributed by atoms with Gasteiger partial charge in [0.25, 0.3) is 5.91 Å². The number of benzene rings is 1. The first-order valence-corrected chi connectivity index (χ1v) is 9.70. The van der Waals surface area contributed by atoms with E-state index in [-0.39, 0.29) is 24.7 Å². The predicted octanol–water partition coefficient (Wildman–Crippen LogP) is 5.26. The Morgan fingerprint density at radius 1 is 1.38 bits per heavy atom. The number of nitrogens with one attached hydrogen (secondary N) is 1. The molecular weight excluding hydrogens is 360 g/mol. The van der Waals surface area contributed by atoms with Crippen LogP contribution in [0.1, 0.15) is 61.7 Å². The van der Waals surface area contributed by atoms with Crippen molar-refractivity contribution in [2.75, 3.05) is 13.7 Å². The van der Waals surface area contributed by atoms with Gasteiger partial charge in [-0.3, -0.25) is 4.79 Å². The van der Waals surface area contributed by atoms with Gasteiger partial charge in [-0.1, -0.05) is 18.0 Å². The average Bonchev–Trinajstić information content (AvgIpc) is 2.57. The molecule has 1 aromatic rings. The van der Waals surface area contributed by atoms with E-state index in [2.05, 4.69) is 5.32 Å². The lowest BCUT2D eigenvalue weighted by atomic mass is 9.64. The van der Waals surface area contributed by atoms with Gasteiger partial charge in [-0.05, 0) is 62.6 Å². The van der Waals surface area contributed by atoms with Crippen LogP contribution in [0.4, 0.5) is 8.78 Å². The number of rotatable bonds is 6. The third kappa shape index (κ3) is 4.48. The van der Waals surface area contributed by atoms with Crippen LogP contribution in [-0.2, 0) is 0 Å². The number of ether oxygens (including phenoxy) is 1. The van der Waals surface area contributed by atoms with E-state index in [1.807, 2.05) is 0 Å². The van der Waals surface area contributed by atoms with Gasteiger partial charge in [-0.2, -0.15) is 0 Å². The standard InChI is InChI=1S/C20H26ClF2NO2/c1-26-15-5-6-17(21)16(10-15)18(25)24-9-3-8-20(23)12-14-4-2-7-19(22,11-14)13-20/h5-6,10,14H,2-4,7-9,11-13H2,1H3,(H,24,25). The van der Waals surface area contributed by atoms with Gasteiger partial charge in [0, 0.05) is 13.0 Å². The molecule has 3 atom stereocenters. The Bertz CT molecular complexity index is 671. The van der Waals surface area contributed by atoms with Gasteiger partial charge in [0.15, 0.2) is 0 Å². The van der Waals surface area contributed by atoms with E-state index in [1.54, 1.807) is 18.2 Å². The summed E-state index contributed by atoms with van der Waals surface area (Å²) in [6.45, 7) is 0.335. The Labute approximate surface area is 158 Å². The number of fused-ring (bicyclic) bond motifs is 2. The number of halogens is 3. The van der Waals surface area contributed by atoms with Gasteiger partial charge in [0.05, 0.1) is 17.7 Å². The Morgan fingerprint density at radius 3 is 2.92 bits per heavy atom. The normalized spacial score (nSPS) is 30.7. The largest absolute Gasteiger partial charge is 0.497 e. The smallest absolute Gasteiger partial charge is 0.252 e. The van der Waals surface area contributed by atoms with E-state index in [1.165, 1.54) is 7.11 Å². The van der Waals surface area contributed by atoms with Crippen LogP contribution < -0.4 is 10.1 Å². The Morgan fingerprint density at radius 2 is 2.19 bits per heavy atom. The number of hydrogen-bond acceptors (Lipinski definition) is 2. The van der Waals surface area contributed by atoms with Crippen molar-refractivity contribution in [2.24, 2.45) is 5.92 Å². The van der Waals surface area contributed by atoms with E-state index in [0.29, 0.717) is 48.6 Å². The summed E-state index contributed by atoms with van der Waals surface area (Å²) in [6.07, 6.45) is 4.02. The SMILES string of the molecule is COc1ccc(Cl)c(C(=O)NCCCC2(F)CC3CCCC(F)(C3)C2)c1. The summed E-state index contributed by atoms with van der Waals surface area (Å²) in [4.78, 5) is 12.3. The van der Waals surface area contributed by atoms with Gasteiger partial charge >= 0.3 is 0 Å². The van der Waals surface area contributed by atoms with Crippen molar-refractivity contribution in [3.8, 4) is 5.75 Å². The summed E-state index contributed by atoms with van der Waals surface area (Å²) in [5, 5.41) is 3.11. The molecule has 3 rings (SSSR count). The van der Waals surface area contributed by atoms with Crippen LogP contribution in [0.25, 0.3) is 0 Å². The van der Waals surface area contributed by atoms with Crippen molar-refractivity contribution in [3.63, 3.8) is 0 Å². The average molecular weight is 386 g/mol. The molecule has 2 aliphatic rings. The first kappa shape index (κ1) is 19.4. The van der Waals surface area contributed by atoms with Gasteiger partial charge in [0.2, 0.25) is 0 Å². The van der Waals surface area contributed by atoms with Crippen molar-refractivity contribution in [1.29, 1.82) is 0 Å². The van der Waals surface area contributed by atoms with Gasteiger partial charge in [0.1, 0.15) is 17.1 Å². The fourth-order valence-electron chi connectivity index (χ4n) is 4.62. The van der Waals surface area contributed by atoms with Crippen LogP contribution in [0.5, 0.6) is 5.75 Å². The van der Waals surface area contributed by atoms with Crippen molar-refractivity contribution < 1.29 is 18.3 Å². The first-order valence-electron chi connectivity index (χ1n) is 9.32. The molecule has 0 radical (unpaired) electrons. The summed E-state index contributed by atoms with van der Waals surface area (Å²) >= 11 is 6.06. The Hall–Kier alpha value is -1.36. The number of alkyl halides is 2. The summed E-state index contributed by atoms with van der Waals surface area (Å²) in [7, 11) is 1.52. The third-order valence-corrected chi connectivity index (χ3v) is 6.01. The van der Waals surface area contributed by atoms with Crippen LogP contribution in [-0.4, -0.2) is 30.9 Å². The van der Waals surface area contributed by atoms with Crippen molar-refractivity contribution in [2.45, 2.75) is 62.7 Å². The molecule has 0 spiro atoms. The second-order valence-corrected chi connectivity index (χ2v) is 8.26. The molecule has 1 aromatic carbocycles. The molecule has 2 bridgehead atoms. The molecule has 3 unspecified atom stereocenters. The fourth-order valence-corrected chi connectivity index (χ4v) is 4.82. The van der Waals surface area contributed by atoms with Crippen molar-refractivity contribution >= 4 is 17.5 Å². The highest BCUT2D eigenvalue weighted by Gasteiger charge is 2.50. The Balaban J connectivity index is 1.50. The second kappa shape index (κ2) is 7.71. The minimum atomic E-state index is -1.45. The maximum atomic E-state index is 15.2. The van der Waals surface area contributed by atoms with E-state index >= 15 is 4.39 Å². The molecule has 0 saturated heterocycles.